The summed E-state index contributed by atoms with van der Waals surface area (Å²) >= 11 is 0.902. The van der Waals surface area contributed by atoms with Gasteiger partial charge in [-0.05, 0) is 17.7 Å². The molecule has 2 aromatic carbocycles. The number of thiazole rings is 1. The van der Waals surface area contributed by atoms with Crippen LogP contribution in [0.15, 0.2) is 66.9 Å². The van der Waals surface area contributed by atoms with Gasteiger partial charge in [-0.15, -0.1) is 0 Å². The SMILES string of the molecule is O=C(O)C[C@H](NC(=O)CNC(=O)c1cnc(NC(=O)NCc2ccccc2)s1)C(=O)Nc1ccccc1. The molecule has 0 fully saturated rings. The van der Waals surface area contributed by atoms with E-state index in [0.717, 1.165) is 16.9 Å². The van der Waals surface area contributed by atoms with Crippen molar-refractivity contribution in [1.29, 1.82) is 0 Å². The van der Waals surface area contributed by atoms with Gasteiger partial charge in [-0.3, -0.25) is 24.5 Å². The third kappa shape index (κ3) is 9.07. The Kier molecular flexibility index (Phi) is 9.67. The lowest BCUT2D eigenvalue weighted by molar-refractivity contribution is -0.139. The number of nitrogens with one attached hydrogen (secondary N) is 5. The fraction of sp³-hybridized carbons (Fsp3) is 0.167. The Morgan fingerprint density at radius 3 is 2.24 bits per heavy atom. The lowest BCUT2D eigenvalue weighted by Crippen LogP contribution is -2.48. The predicted octanol–water partition coefficient (Wildman–Crippen LogP) is 1.79. The fourth-order valence-corrected chi connectivity index (χ4v) is 3.71. The van der Waals surface area contributed by atoms with E-state index in [1.54, 1.807) is 30.3 Å². The van der Waals surface area contributed by atoms with Crippen LogP contribution in [0.3, 0.4) is 0 Å². The summed E-state index contributed by atoms with van der Waals surface area (Å²) < 4.78 is 0. The molecule has 0 aliphatic carbocycles. The zero-order chi connectivity index (χ0) is 26.6. The van der Waals surface area contributed by atoms with Crippen LogP contribution in [0.25, 0.3) is 0 Å². The molecular formula is C24H24N6O6S. The van der Waals surface area contributed by atoms with E-state index in [0.29, 0.717) is 12.2 Å². The number of rotatable bonds is 11. The van der Waals surface area contributed by atoms with Crippen molar-refractivity contribution in [2.75, 3.05) is 17.2 Å². The topological polar surface area (TPSA) is 179 Å². The van der Waals surface area contributed by atoms with Gasteiger partial charge < -0.3 is 26.4 Å². The van der Waals surface area contributed by atoms with Crippen molar-refractivity contribution < 1.29 is 29.1 Å². The maximum Gasteiger partial charge on any atom is 0.321 e. The first kappa shape index (κ1) is 26.8. The van der Waals surface area contributed by atoms with Gasteiger partial charge in [-0.2, -0.15) is 0 Å². The summed E-state index contributed by atoms with van der Waals surface area (Å²) in [6.07, 6.45) is 0.597. The number of hydrogen-bond acceptors (Lipinski definition) is 7. The van der Waals surface area contributed by atoms with E-state index in [4.69, 9.17) is 5.11 Å². The number of nitrogens with zero attached hydrogens (tertiary/aromatic N) is 1. The van der Waals surface area contributed by atoms with Gasteiger partial charge in [0.15, 0.2) is 5.13 Å². The number of benzene rings is 2. The number of anilines is 2. The highest BCUT2D eigenvalue weighted by Crippen LogP contribution is 2.17. The van der Waals surface area contributed by atoms with Gasteiger partial charge in [0, 0.05) is 12.2 Å². The highest BCUT2D eigenvalue weighted by atomic mass is 32.1. The summed E-state index contributed by atoms with van der Waals surface area (Å²) in [4.78, 5) is 64.4. The van der Waals surface area contributed by atoms with Gasteiger partial charge in [-0.1, -0.05) is 59.9 Å². The molecule has 0 radical (unpaired) electrons. The summed E-state index contributed by atoms with van der Waals surface area (Å²) in [5.41, 5.74) is 1.35. The number of urea groups is 1. The number of carbonyl (C=O) groups excluding carboxylic acids is 4. The molecule has 12 nitrogen and oxygen atoms in total. The molecule has 0 aliphatic heterocycles. The standard InChI is InChI=1S/C24H24N6O6S/c31-19(29-17(11-20(32)33)21(34)28-16-9-5-2-6-10-16)14-25-22(35)18-13-27-24(37-18)30-23(36)26-12-15-7-3-1-4-8-15/h1-10,13,17H,11-12,14H2,(H,25,35)(H,28,34)(H,29,31)(H,32,33)(H2,26,27,30,36)/t17-/m0/s1. The maximum absolute atomic E-state index is 12.4. The van der Waals surface area contributed by atoms with E-state index in [-0.39, 0.29) is 10.0 Å². The molecule has 37 heavy (non-hydrogen) atoms. The van der Waals surface area contributed by atoms with Crippen LogP contribution in [0, 0.1) is 0 Å². The second kappa shape index (κ2) is 13.3. The van der Waals surface area contributed by atoms with E-state index in [2.05, 4.69) is 31.6 Å². The van der Waals surface area contributed by atoms with E-state index < -0.39 is 48.7 Å². The van der Waals surface area contributed by atoms with Gasteiger partial charge >= 0.3 is 12.0 Å². The minimum atomic E-state index is -1.35. The van der Waals surface area contributed by atoms with Crippen LogP contribution >= 0.6 is 11.3 Å². The smallest absolute Gasteiger partial charge is 0.321 e. The van der Waals surface area contributed by atoms with E-state index in [1.807, 2.05) is 30.3 Å². The zero-order valence-electron chi connectivity index (χ0n) is 19.4. The minimum absolute atomic E-state index is 0.134. The summed E-state index contributed by atoms with van der Waals surface area (Å²) in [6.45, 7) is -0.196. The largest absolute Gasteiger partial charge is 0.481 e. The summed E-state index contributed by atoms with van der Waals surface area (Å²) in [5.74, 6) is -3.38. The van der Waals surface area contributed by atoms with Gasteiger partial charge in [0.05, 0.1) is 19.2 Å². The number of carboxylic acid groups (broad SMARTS) is 1. The molecule has 6 N–H and O–H groups in total. The first-order valence-electron chi connectivity index (χ1n) is 11.0. The number of para-hydroxylation sites is 1. The third-order valence-corrected chi connectivity index (χ3v) is 5.64. The number of carbonyl (C=O) groups is 5. The van der Waals surface area contributed by atoms with Gasteiger partial charge in [0.25, 0.3) is 5.91 Å². The molecule has 0 unspecified atom stereocenters. The minimum Gasteiger partial charge on any atom is -0.481 e. The molecule has 0 saturated heterocycles. The molecule has 1 atom stereocenters. The quantitative estimate of drug-likeness (QED) is 0.221. The zero-order valence-corrected chi connectivity index (χ0v) is 20.2. The van der Waals surface area contributed by atoms with Gasteiger partial charge in [0.2, 0.25) is 11.8 Å². The van der Waals surface area contributed by atoms with Crippen molar-refractivity contribution in [3.8, 4) is 0 Å². The number of aromatic nitrogens is 1. The molecule has 3 aromatic rings. The van der Waals surface area contributed by atoms with Gasteiger partial charge in [-0.25, -0.2) is 9.78 Å². The van der Waals surface area contributed by atoms with Crippen LogP contribution in [0.1, 0.15) is 21.7 Å². The average molecular weight is 525 g/mol. The molecule has 1 heterocycles. The molecule has 192 valence electrons. The van der Waals surface area contributed by atoms with Crippen LogP contribution < -0.4 is 26.6 Å². The van der Waals surface area contributed by atoms with Crippen LogP contribution in [0.4, 0.5) is 15.6 Å². The average Bonchev–Trinajstić information content (AvgIpc) is 3.35. The normalized spacial score (nSPS) is 11.0. The summed E-state index contributed by atoms with van der Waals surface area (Å²) in [6, 6.07) is 15.8. The number of amides is 5. The van der Waals surface area contributed by atoms with Crippen LogP contribution in [0.2, 0.25) is 0 Å². The lowest BCUT2D eigenvalue weighted by atomic mass is 10.2. The second-order valence-electron chi connectivity index (χ2n) is 7.58. The van der Waals surface area contributed by atoms with Crippen LogP contribution in [-0.2, 0) is 20.9 Å². The first-order chi connectivity index (χ1) is 17.8. The summed E-state index contributed by atoms with van der Waals surface area (Å²) in [5, 5.41) is 21.7. The third-order valence-electron chi connectivity index (χ3n) is 4.73. The Morgan fingerprint density at radius 2 is 1.57 bits per heavy atom. The van der Waals surface area contributed by atoms with E-state index in [1.165, 1.54) is 6.20 Å². The summed E-state index contributed by atoms with van der Waals surface area (Å²) in [7, 11) is 0. The van der Waals surface area contributed by atoms with Crippen molar-refractivity contribution in [3.05, 3.63) is 77.3 Å². The van der Waals surface area contributed by atoms with E-state index >= 15 is 0 Å². The number of aliphatic carboxylic acids is 1. The Labute approximate surface area is 215 Å². The van der Waals surface area contributed by atoms with Crippen molar-refractivity contribution >= 4 is 51.9 Å². The van der Waals surface area contributed by atoms with Crippen molar-refractivity contribution in [2.45, 2.75) is 19.0 Å². The molecule has 0 spiro atoms. The molecule has 5 amide bonds. The van der Waals surface area contributed by atoms with E-state index in [9.17, 15) is 24.0 Å². The Bertz CT molecular complexity index is 1250. The molecular weight excluding hydrogens is 500 g/mol. The van der Waals surface area contributed by atoms with Gasteiger partial charge in [0.1, 0.15) is 10.9 Å². The van der Waals surface area contributed by atoms with Crippen molar-refractivity contribution in [1.82, 2.24) is 20.9 Å². The predicted molar refractivity (Wildman–Crippen MR) is 136 cm³/mol. The molecule has 1 aromatic heterocycles. The number of carboxylic acids is 1. The lowest BCUT2D eigenvalue weighted by Gasteiger charge is -2.17. The van der Waals surface area contributed by atoms with Crippen molar-refractivity contribution in [2.24, 2.45) is 0 Å². The van der Waals surface area contributed by atoms with Crippen molar-refractivity contribution in [3.63, 3.8) is 0 Å². The van der Waals surface area contributed by atoms with Crippen LogP contribution in [0.5, 0.6) is 0 Å². The van der Waals surface area contributed by atoms with Crippen LogP contribution in [-0.4, -0.2) is 52.4 Å². The molecule has 0 aliphatic rings. The monoisotopic (exact) mass is 524 g/mol. The molecule has 13 heteroatoms. The Morgan fingerprint density at radius 1 is 0.892 bits per heavy atom. The number of hydrogen-bond donors (Lipinski definition) is 6. The molecule has 3 rings (SSSR count). The fourth-order valence-electron chi connectivity index (χ4n) is 2.98. The Balaban J connectivity index is 1.46. The second-order valence-corrected chi connectivity index (χ2v) is 8.61. The highest BCUT2D eigenvalue weighted by molar-refractivity contribution is 7.17. The molecule has 0 bridgehead atoms. The first-order valence-corrected chi connectivity index (χ1v) is 11.8. The Hall–Kier alpha value is -4.78. The molecule has 0 saturated carbocycles. The highest BCUT2D eigenvalue weighted by Gasteiger charge is 2.24. The maximum atomic E-state index is 12.4.